The highest BCUT2D eigenvalue weighted by atomic mass is 16.5. The third-order valence-corrected chi connectivity index (χ3v) is 4.41. The van der Waals surface area contributed by atoms with Crippen LogP contribution >= 0.6 is 0 Å². The zero-order valence-corrected chi connectivity index (χ0v) is 12.9. The third-order valence-electron chi connectivity index (χ3n) is 4.41. The van der Waals surface area contributed by atoms with Crippen molar-refractivity contribution >= 4 is 0 Å². The first kappa shape index (κ1) is 16.4. The molecule has 1 atom stereocenters. The highest BCUT2D eigenvalue weighted by Crippen LogP contribution is 2.40. The molecule has 0 radical (unpaired) electrons. The Labute approximate surface area is 118 Å². The van der Waals surface area contributed by atoms with Crippen LogP contribution in [0.25, 0.3) is 0 Å². The smallest absolute Gasteiger partial charge is 0.122 e. The van der Waals surface area contributed by atoms with Crippen molar-refractivity contribution in [3.05, 3.63) is 0 Å². The van der Waals surface area contributed by atoms with Crippen molar-refractivity contribution in [1.82, 2.24) is 10.2 Å². The van der Waals surface area contributed by atoms with E-state index in [1.54, 1.807) is 7.11 Å². The second-order valence-electron chi connectivity index (χ2n) is 5.54. The number of methoxy groups -OCH3 is 1. The predicted octanol–water partition coefficient (Wildman–Crippen LogP) is 2.02. The molecular weight excluding hydrogens is 238 g/mol. The molecule has 0 saturated heterocycles. The minimum absolute atomic E-state index is 0.379. The summed E-state index contributed by atoms with van der Waals surface area (Å²) < 4.78 is 5.22. The molecule has 0 aliphatic heterocycles. The van der Waals surface area contributed by atoms with Crippen LogP contribution < -0.4 is 5.32 Å². The van der Waals surface area contributed by atoms with Gasteiger partial charge in [0.15, 0.2) is 0 Å². The molecule has 1 aliphatic rings. The SMILES string of the molecule is CCC(CC)N(CCOC)CC(C#N)(NC)C1CC1. The van der Waals surface area contributed by atoms with Crippen LogP contribution in [-0.4, -0.2) is 50.3 Å². The Hall–Kier alpha value is -0.630. The number of nitriles is 1. The largest absolute Gasteiger partial charge is 0.383 e. The van der Waals surface area contributed by atoms with E-state index in [4.69, 9.17) is 4.74 Å². The van der Waals surface area contributed by atoms with Gasteiger partial charge in [0.05, 0.1) is 12.7 Å². The third kappa shape index (κ3) is 4.17. The van der Waals surface area contributed by atoms with E-state index in [1.807, 2.05) is 7.05 Å². The highest BCUT2D eigenvalue weighted by molar-refractivity contribution is 5.16. The number of likely N-dealkylation sites (N-methyl/N-ethyl adjacent to an activating group) is 1. The summed E-state index contributed by atoms with van der Waals surface area (Å²) in [6, 6.07) is 3.08. The average molecular weight is 267 g/mol. The summed E-state index contributed by atoms with van der Waals surface area (Å²) in [4.78, 5) is 2.43. The average Bonchev–Trinajstić information content (AvgIpc) is 3.27. The first-order chi connectivity index (χ1) is 9.17. The lowest BCUT2D eigenvalue weighted by Crippen LogP contribution is -2.55. The first-order valence-electron chi connectivity index (χ1n) is 7.50. The summed E-state index contributed by atoms with van der Waals surface area (Å²) in [5.41, 5.74) is -0.379. The van der Waals surface area contributed by atoms with Crippen LogP contribution in [0, 0.1) is 17.2 Å². The van der Waals surface area contributed by atoms with E-state index in [2.05, 4.69) is 30.1 Å². The second-order valence-corrected chi connectivity index (χ2v) is 5.54. The minimum atomic E-state index is -0.379. The molecule has 1 rings (SSSR count). The molecular formula is C15H29N3O. The van der Waals surface area contributed by atoms with Crippen molar-refractivity contribution in [1.29, 1.82) is 5.26 Å². The van der Waals surface area contributed by atoms with Crippen LogP contribution in [0.3, 0.4) is 0 Å². The lowest BCUT2D eigenvalue weighted by atomic mass is 9.93. The summed E-state index contributed by atoms with van der Waals surface area (Å²) in [6.07, 6.45) is 4.59. The normalized spacial score (nSPS) is 18.6. The van der Waals surface area contributed by atoms with Crippen molar-refractivity contribution in [2.24, 2.45) is 5.92 Å². The van der Waals surface area contributed by atoms with Crippen LogP contribution in [0.5, 0.6) is 0 Å². The van der Waals surface area contributed by atoms with Gasteiger partial charge < -0.3 is 10.1 Å². The standard InChI is InChI=1S/C15H29N3O/c1-5-14(6-2)18(9-10-19-4)12-15(11-16,17-3)13-7-8-13/h13-14,17H,5-10,12H2,1-4H3. The molecule has 4 nitrogen and oxygen atoms in total. The molecule has 19 heavy (non-hydrogen) atoms. The van der Waals surface area contributed by atoms with Gasteiger partial charge in [0.2, 0.25) is 0 Å². The van der Waals surface area contributed by atoms with Crippen LogP contribution in [0.1, 0.15) is 39.5 Å². The van der Waals surface area contributed by atoms with Crippen molar-refractivity contribution in [2.75, 3.05) is 33.9 Å². The van der Waals surface area contributed by atoms with Crippen LogP contribution in [0.2, 0.25) is 0 Å². The van der Waals surface area contributed by atoms with E-state index in [1.165, 1.54) is 12.8 Å². The summed E-state index contributed by atoms with van der Waals surface area (Å²) in [5.74, 6) is 0.516. The first-order valence-corrected chi connectivity index (χ1v) is 7.50. The van der Waals surface area contributed by atoms with Crippen molar-refractivity contribution < 1.29 is 4.74 Å². The topological polar surface area (TPSA) is 48.3 Å². The zero-order valence-electron chi connectivity index (χ0n) is 12.9. The van der Waals surface area contributed by atoms with Crippen molar-refractivity contribution in [3.63, 3.8) is 0 Å². The van der Waals surface area contributed by atoms with E-state index in [9.17, 15) is 5.26 Å². The van der Waals surface area contributed by atoms with Crippen LogP contribution in [0.4, 0.5) is 0 Å². The Balaban J connectivity index is 2.76. The molecule has 0 aromatic rings. The lowest BCUT2D eigenvalue weighted by Gasteiger charge is -2.37. The van der Waals surface area contributed by atoms with E-state index in [0.717, 1.165) is 32.5 Å². The van der Waals surface area contributed by atoms with Crippen molar-refractivity contribution in [2.45, 2.75) is 51.1 Å². The van der Waals surface area contributed by atoms with Gasteiger partial charge in [-0.2, -0.15) is 5.26 Å². The molecule has 0 spiro atoms. The van der Waals surface area contributed by atoms with Gasteiger partial charge in [0, 0.05) is 26.2 Å². The Morgan fingerprint density at radius 3 is 2.42 bits per heavy atom. The molecule has 110 valence electrons. The summed E-state index contributed by atoms with van der Waals surface area (Å²) >= 11 is 0. The van der Waals surface area contributed by atoms with Gasteiger partial charge in [-0.1, -0.05) is 13.8 Å². The van der Waals surface area contributed by atoms with Gasteiger partial charge >= 0.3 is 0 Å². The molecule has 0 bridgehead atoms. The number of nitrogens with one attached hydrogen (secondary N) is 1. The van der Waals surface area contributed by atoms with E-state index >= 15 is 0 Å². The number of hydrogen-bond acceptors (Lipinski definition) is 4. The predicted molar refractivity (Wildman–Crippen MR) is 77.9 cm³/mol. The van der Waals surface area contributed by atoms with Gasteiger partial charge in [-0.05, 0) is 38.6 Å². The molecule has 0 aromatic heterocycles. The fraction of sp³-hybridized carbons (Fsp3) is 0.933. The molecule has 1 saturated carbocycles. The number of nitrogens with zero attached hydrogens (tertiary/aromatic N) is 2. The molecule has 1 fully saturated rings. The van der Waals surface area contributed by atoms with E-state index in [0.29, 0.717) is 12.0 Å². The lowest BCUT2D eigenvalue weighted by molar-refractivity contribution is 0.0935. The van der Waals surface area contributed by atoms with Gasteiger partial charge in [0.1, 0.15) is 5.54 Å². The number of rotatable bonds is 10. The van der Waals surface area contributed by atoms with Crippen molar-refractivity contribution in [3.8, 4) is 6.07 Å². The summed E-state index contributed by atoms with van der Waals surface area (Å²) in [6.45, 7) is 6.88. The number of ether oxygens (including phenoxy) is 1. The molecule has 1 N–H and O–H groups in total. The monoisotopic (exact) mass is 267 g/mol. The highest BCUT2D eigenvalue weighted by Gasteiger charge is 2.46. The van der Waals surface area contributed by atoms with Gasteiger partial charge in [0.25, 0.3) is 0 Å². The maximum Gasteiger partial charge on any atom is 0.122 e. The van der Waals surface area contributed by atoms with Gasteiger partial charge in [-0.15, -0.1) is 0 Å². The molecule has 1 unspecified atom stereocenters. The summed E-state index contributed by atoms with van der Waals surface area (Å²) in [7, 11) is 3.66. The van der Waals surface area contributed by atoms with E-state index in [-0.39, 0.29) is 5.54 Å². The zero-order chi connectivity index (χ0) is 14.3. The van der Waals surface area contributed by atoms with Gasteiger partial charge in [-0.25, -0.2) is 0 Å². The molecule has 4 heteroatoms. The maximum atomic E-state index is 9.62. The molecule has 0 aromatic carbocycles. The Kier molecular flexibility index (Phi) is 6.78. The van der Waals surface area contributed by atoms with E-state index < -0.39 is 0 Å². The Bertz CT molecular complexity index is 294. The fourth-order valence-electron chi connectivity index (χ4n) is 2.90. The fourth-order valence-corrected chi connectivity index (χ4v) is 2.90. The Morgan fingerprint density at radius 1 is 1.42 bits per heavy atom. The minimum Gasteiger partial charge on any atom is -0.383 e. The molecule has 1 aliphatic carbocycles. The van der Waals surface area contributed by atoms with Gasteiger partial charge in [-0.3, -0.25) is 4.90 Å². The van der Waals surface area contributed by atoms with Crippen LogP contribution in [0.15, 0.2) is 0 Å². The molecule has 0 heterocycles. The molecule has 0 amide bonds. The summed E-state index contributed by atoms with van der Waals surface area (Å²) in [5, 5.41) is 12.9. The quantitative estimate of drug-likeness (QED) is 0.658. The number of hydrogen-bond donors (Lipinski definition) is 1. The van der Waals surface area contributed by atoms with Crippen LogP contribution in [-0.2, 0) is 4.74 Å². The Morgan fingerprint density at radius 2 is 2.05 bits per heavy atom. The second kappa shape index (κ2) is 7.84. The maximum absolute atomic E-state index is 9.62.